The average molecular weight is 306 g/mol. The minimum absolute atomic E-state index is 0.0442. The van der Waals surface area contributed by atoms with Gasteiger partial charge >= 0.3 is 0 Å². The topological polar surface area (TPSA) is 41.6 Å². The van der Waals surface area contributed by atoms with Crippen LogP contribution in [0.15, 0.2) is 24.3 Å². The molecule has 1 amide bonds. The van der Waals surface area contributed by atoms with E-state index < -0.39 is 0 Å². The van der Waals surface area contributed by atoms with Crippen molar-refractivity contribution in [2.45, 2.75) is 37.5 Å². The number of amides is 1. The molecule has 114 valence electrons. The van der Waals surface area contributed by atoms with E-state index in [2.05, 4.69) is 24.6 Å². The zero-order valence-corrected chi connectivity index (χ0v) is 13.6. The van der Waals surface area contributed by atoms with Gasteiger partial charge in [-0.25, -0.2) is 0 Å². The molecule has 2 fully saturated rings. The number of carbonyl (C=O) groups excluding carboxylic acids is 1. The molecule has 1 aromatic carbocycles. The number of nitrogens with zero attached hydrogens (tertiary/aromatic N) is 1. The number of nitrogens with one attached hydrogen (secondary N) is 1. The molecule has 1 aromatic rings. The summed E-state index contributed by atoms with van der Waals surface area (Å²) in [6.45, 7) is 2.13. The highest BCUT2D eigenvalue weighted by Gasteiger charge is 2.60. The Hall–Kier alpha value is -1.20. The zero-order chi connectivity index (χ0) is 15.0. The van der Waals surface area contributed by atoms with E-state index in [-0.39, 0.29) is 23.7 Å². The third-order valence-corrected chi connectivity index (χ3v) is 5.19. The fourth-order valence-corrected chi connectivity index (χ4v) is 3.72. The second-order valence-corrected chi connectivity index (χ2v) is 6.83. The summed E-state index contributed by atoms with van der Waals surface area (Å²) in [6.07, 6.45) is 3.94. The molecule has 21 heavy (non-hydrogen) atoms. The van der Waals surface area contributed by atoms with Gasteiger partial charge in [0.15, 0.2) is 0 Å². The third kappa shape index (κ3) is 2.53. The fraction of sp³-hybridized carbons (Fsp3) is 0.562. The summed E-state index contributed by atoms with van der Waals surface area (Å²) in [5, 5.41) is 3.56. The van der Waals surface area contributed by atoms with Crippen LogP contribution in [0.5, 0.6) is 5.75 Å². The van der Waals surface area contributed by atoms with Crippen molar-refractivity contribution >= 4 is 17.7 Å². The number of hydrogen-bond donors (Lipinski definition) is 1. The monoisotopic (exact) mass is 306 g/mol. The van der Waals surface area contributed by atoms with Gasteiger partial charge < -0.3 is 9.64 Å². The second kappa shape index (κ2) is 5.54. The van der Waals surface area contributed by atoms with E-state index in [0.717, 1.165) is 29.9 Å². The van der Waals surface area contributed by atoms with Gasteiger partial charge in [-0.2, -0.15) is 11.8 Å². The zero-order valence-electron chi connectivity index (χ0n) is 12.8. The third-order valence-electron chi connectivity index (χ3n) is 4.38. The maximum atomic E-state index is 12.8. The summed E-state index contributed by atoms with van der Waals surface area (Å²) in [5.74, 6) is 2.04. The first-order chi connectivity index (χ1) is 10.1. The number of carbonyl (C=O) groups is 1. The molecule has 0 radical (unpaired) electrons. The fourth-order valence-electron chi connectivity index (χ4n) is 3.07. The molecule has 0 aromatic heterocycles. The van der Waals surface area contributed by atoms with Crippen molar-refractivity contribution in [3.8, 4) is 5.75 Å². The normalized spacial score (nSPS) is 24.4. The Balaban J connectivity index is 1.92. The van der Waals surface area contributed by atoms with Crippen molar-refractivity contribution in [1.29, 1.82) is 0 Å². The standard InChI is InChI=1S/C16H22N2O2S/c1-11(10-21-3)18-14(17-16(7-8-16)15(18)19)12-5-4-6-13(9-12)20-2/h4-6,9,11,14,17H,7-8,10H2,1-3H3. The van der Waals surface area contributed by atoms with E-state index in [1.807, 2.05) is 23.1 Å². The van der Waals surface area contributed by atoms with Crippen LogP contribution in [0.1, 0.15) is 31.5 Å². The summed E-state index contributed by atoms with van der Waals surface area (Å²) in [4.78, 5) is 14.8. The molecular weight excluding hydrogens is 284 g/mol. The van der Waals surface area contributed by atoms with Crippen molar-refractivity contribution in [3.05, 3.63) is 29.8 Å². The Morgan fingerprint density at radius 2 is 2.29 bits per heavy atom. The van der Waals surface area contributed by atoms with Crippen molar-refractivity contribution in [3.63, 3.8) is 0 Å². The molecule has 3 rings (SSSR count). The first-order valence-corrected chi connectivity index (χ1v) is 8.74. The molecule has 2 aliphatic rings. The summed E-state index contributed by atoms with van der Waals surface area (Å²) in [5.41, 5.74) is 0.805. The molecule has 1 aliphatic heterocycles. The number of benzene rings is 1. The lowest BCUT2D eigenvalue weighted by Crippen LogP contribution is -2.40. The van der Waals surface area contributed by atoms with Gasteiger partial charge in [0.05, 0.1) is 7.11 Å². The molecule has 1 aliphatic carbocycles. The predicted molar refractivity (Wildman–Crippen MR) is 85.5 cm³/mol. The predicted octanol–water partition coefficient (Wildman–Crippen LogP) is 2.41. The Bertz CT molecular complexity index is 545. The van der Waals surface area contributed by atoms with Crippen LogP contribution in [0.3, 0.4) is 0 Å². The Morgan fingerprint density at radius 3 is 2.90 bits per heavy atom. The molecule has 1 heterocycles. The second-order valence-electron chi connectivity index (χ2n) is 5.92. The summed E-state index contributed by atoms with van der Waals surface area (Å²) >= 11 is 1.78. The summed E-state index contributed by atoms with van der Waals surface area (Å²) in [6, 6.07) is 8.22. The number of rotatable bonds is 5. The molecule has 1 saturated heterocycles. The van der Waals surface area contributed by atoms with Crippen molar-refractivity contribution in [2.24, 2.45) is 0 Å². The Morgan fingerprint density at radius 1 is 1.52 bits per heavy atom. The van der Waals surface area contributed by atoms with E-state index >= 15 is 0 Å². The first-order valence-electron chi connectivity index (χ1n) is 7.34. The van der Waals surface area contributed by atoms with Gasteiger partial charge in [0.1, 0.15) is 17.5 Å². The minimum atomic E-state index is -0.291. The largest absolute Gasteiger partial charge is 0.497 e. The van der Waals surface area contributed by atoms with E-state index in [1.54, 1.807) is 18.9 Å². The quantitative estimate of drug-likeness (QED) is 0.907. The number of methoxy groups -OCH3 is 1. The van der Waals surface area contributed by atoms with Crippen LogP contribution < -0.4 is 10.1 Å². The summed E-state index contributed by atoms with van der Waals surface area (Å²) in [7, 11) is 1.67. The van der Waals surface area contributed by atoms with Crippen LogP contribution in [0.2, 0.25) is 0 Å². The lowest BCUT2D eigenvalue weighted by Gasteiger charge is -2.30. The van der Waals surface area contributed by atoms with Crippen LogP contribution in [-0.4, -0.2) is 41.5 Å². The highest BCUT2D eigenvalue weighted by atomic mass is 32.2. The van der Waals surface area contributed by atoms with Crippen LogP contribution in [0.4, 0.5) is 0 Å². The minimum Gasteiger partial charge on any atom is -0.497 e. The smallest absolute Gasteiger partial charge is 0.244 e. The molecule has 0 bridgehead atoms. The lowest BCUT2D eigenvalue weighted by molar-refractivity contribution is -0.132. The van der Waals surface area contributed by atoms with Gasteiger partial charge in [0.2, 0.25) is 5.91 Å². The van der Waals surface area contributed by atoms with Gasteiger partial charge in [-0.05, 0) is 43.7 Å². The highest BCUT2D eigenvalue weighted by Crippen LogP contribution is 2.47. The SMILES string of the molecule is COc1cccc(C2NC3(CC3)C(=O)N2C(C)CSC)c1. The van der Waals surface area contributed by atoms with E-state index in [0.29, 0.717) is 0 Å². The molecule has 2 unspecified atom stereocenters. The van der Waals surface area contributed by atoms with Crippen molar-refractivity contribution in [2.75, 3.05) is 19.1 Å². The number of thioether (sulfide) groups is 1. The van der Waals surface area contributed by atoms with E-state index in [9.17, 15) is 4.79 Å². The maximum Gasteiger partial charge on any atom is 0.244 e. The Labute approximate surface area is 130 Å². The van der Waals surface area contributed by atoms with E-state index in [1.165, 1.54) is 0 Å². The van der Waals surface area contributed by atoms with Crippen molar-refractivity contribution in [1.82, 2.24) is 10.2 Å². The van der Waals surface area contributed by atoms with Gasteiger partial charge in [-0.15, -0.1) is 0 Å². The number of ether oxygens (including phenoxy) is 1. The van der Waals surface area contributed by atoms with E-state index in [4.69, 9.17) is 4.74 Å². The van der Waals surface area contributed by atoms with Gasteiger partial charge in [-0.1, -0.05) is 12.1 Å². The summed E-state index contributed by atoms with van der Waals surface area (Å²) < 4.78 is 5.32. The molecule has 1 saturated carbocycles. The highest BCUT2D eigenvalue weighted by molar-refractivity contribution is 7.98. The van der Waals surface area contributed by atoms with Crippen LogP contribution in [0.25, 0.3) is 0 Å². The molecule has 2 atom stereocenters. The molecule has 1 spiro atoms. The molecular formula is C16H22N2O2S. The average Bonchev–Trinajstić information content (AvgIpc) is 3.21. The maximum absolute atomic E-state index is 12.8. The first kappa shape index (κ1) is 14.7. The van der Waals surface area contributed by atoms with Crippen LogP contribution in [0, 0.1) is 0 Å². The Kier molecular flexibility index (Phi) is 3.88. The van der Waals surface area contributed by atoms with Crippen LogP contribution in [-0.2, 0) is 4.79 Å². The van der Waals surface area contributed by atoms with Gasteiger partial charge in [0, 0.05) is 11.8 Å². The lowest BCUT2D eigenvalue weighted by atomic mass is 10.1. The van der Waals surface area contributed by atoms with Crippen LogP contribution >= 0.6 is 11.8 Å². The van der Waals surface area contributed by atoms with Crippen molar-refractivity contribution < 1.29 is 9.53 Å². The molecule has 1 N–H and O–H groups in total. The molecule has 5 heteroatoms. The molecule has 4 nitrogen and oxygen atoms in total. The number of hydrogen-bond acceptors (Lipinski definition) is 4. The van der Waals surface area contributed by atoms with Gasteiger partial charge in [0.25, 0.3) is 0 Å². The van der Waals surface area contributed by atoms with Gasteiger partial charge in [-0.3, -0.25) is 10.1 Å².